The first-order chi connectivity index (χ1) is 17.7. The minimum Gasteiger partial charge on any atom is -0.381 e. The van der Waals surface area contributed by atoms with E-state index in [1.165, 1.54) is 6.42 Å². The number of rotatable bonds is 7. The second-order valence-corrected chi connectivity index (χ2v) is 10.5. The van der Waals surface area contributed by atoms with Crippen LogP contribution in [0.1, 0.15) is 55.3 Å². The van der Waals surface area contributed by atoms with E-state index in [1.54, 1.807) is 16.8 Å². The largest absolute Gasteiger partial charge is 0.381 e. The molecule has 3 aliphatic rings. The fraction of sp³-hybridized carbons (Fsp3) is 0.538. The lowest BCUT2D eigenvalue weighted by atomic mass is 10.0. The van der Waals surface area contributed by atoms with Crippen LogP contribution in [0.15, 0.2) is 24.4 Å². The van der Waals surface area contributed by atoms with Crippen molar-refractivity contribution in [3.63, 3.8) is 0 Å². The van der Waals surface area contributed by atoms with Crippen molar-refractivity contribution in [1.29, 1.82) is 0 Å². The number of benzene rings is 1. The van der Waals surface area contributed by atoms with Gasteiger partial charge in [-0.1, -0.05) is 17.7 Å². The molecule has 1 saturated carbocycles. The molecule has 1 aromatic carbocycles. The zero-order valence-corrected chi connectivity index (χ0v) is 21.1. The molecule has 4 heterocycles. The topological polar surface area (TPSA) is 96.7 Å². The van der Waals surface area contributed by atoms with Crippen LogP contribution >= 0.6 is 11.6 Å². The molecular formula is C26H32ClN7O2. The van der Waals surface area contributed by atoms with Crippen molar-refractivity contribution in [2.24, 2.45) is 5.92 Å². The van der Waals surface area contributed by atoms with Crippen LogP contribution in [0.25, 0.3) is 16.8 Å². The SMILES string of the molecule is O=C(NC1CC1)c1ccc(-c2cnn3c(NCC4CCOCC4)nc(N4CCCCC4)nc23)cc1Cl. The monoisotopic (exact) mass is 509 g/mol. The third-order valence-electron chi connectivity index (χ3n) is 7.32. The fourth-order valence-electron chi connectivity index (χ4n) is 4.96. The Kier molecular flexibility index (Phi) is 6.67. The van der Waals surface area contributed by atoms with Gasteiger partial charge in [0.15, 0.2) is 5.65 Å². The minimum atomic E-state index is -0.122. The second-order valence-electron chi connectivity index (χ2n) is 10.1. The van der Waals surface area contributed by atoms with E-state index in [1.807, 2.05) is 12.1 Å². The van der Waals surface area contributed by atoms with Crippen LogP contribution in [-0.4, -0.2) is 64.4 Å². The lowest BCUT2D eigenvalue weighted by Crippen LogP contribution is -2.32. The van der Waals surface area contributed by atoms with Gasteiger partial charge in [-0.05, 0) is 68.6 Å². The Bertz CT molecular complexity index is 1250. The van der Waals surface area contributed by atoms with E-state index in [9.17, 15) is 4.79 Å². The van der Waals surface area contributed by atoms with Gasteiger partial charge in [0, 0.05) is 44.5 Å². The summed E-state index contributed by atoms with van der Waals surface area (Å²) in [5, 5.41) is 11.6. The molecule has 6 rings (SSSR count). The maximum Gasteiger partial charge on any atom is 0.253 e. The van der Waals surface area contributed by atoms with Gasteiger partial charge in [-0.15, -0.1) is 0 Å². The van der Waals surface area contributed by atoms with Crippen molar-refractivity contribution < 1.29 is 9.53 Å². The van der Waals surface area contributed by atoms with Crippen molar-refractivity contribution in [2.45, 2.75) is 51.0 Å². The van der Waals surface area contributed by atoms with Gasteiger partial charge in [0.05, 0.1) is 16.8 Å². The number of carbonyl (C=O) groups excluding carboxylic acids is 1. The normalized spacial score (nSPS) is 19.0. The highest BCUT2D eigenvalue weighted by Gasteiger charge is 2.25. The lowest BCUT2D eigenvalue weighted by Gasteiger charge is -2.27. The van der Waals surface area contributed by atoms with Crippen molar-refractivity contribution in [3.8, 4) is 11.1 Å². The average Bonchev–Trinajstić information content (AvgIpc) is 3.62. The highest BCUT2D eigenvalue weighted by atomic mass is 35.5. The van der Waals surface area contributed by atoms with Crippen molar-refractivity contribution >= 4 is 35.1 Å². The number of anilines is 2. The van der Waals surface area contributed by atoms with Crippen molar-refractivity contribution in [2.75, 3.05) is 43.1 Å². The van der Waals surface area contributed by atoms with Gasteiger partial charge in [-0.3, -0.25) is 4.79 Å². The van der Waals surface area contributed by atoms with Crippen LogP contribution in [0.2, 0.25) is 5.02 Å². The molecule has 1 aliphatic carbocycles. The van der Waals surface area contributed by atoms with Gasteiger partial charge in [-0.25, -0.2) is 0 Å². The van der Waals surface area contributed by atoms with Crippen LogP contribution in [0, 0.1) is 5.92 Å². The molecule has 2 aliphatic heterocycles. The number of amides is 1. The molecule has 0 bridgehead atoms. The van der Waals surface area contributed by atoms with E-state index in [0.29, 0.717) is 22.5 Å². The zero-order valence-electron chi connectivity index (χ0n) is 20.4. The number of nitrogens with one attached hydrogen (secondary N) is 2. The molecule has 2 aromatic heterocycles. The van der Waals surface area contributed by atoms with Gasteiger partial charge in [0.25, 0.3) is 5.91 Å². The van der Waals surface area contributed by atoms with Gasteiger partial charge in [0.1, 0.15) is 0 Å². The number of piperidine rings is 1. The average molecular weight is 510 g/mol. The van der Waals surface area contributed by atoms with E-state index in [4.69, 9.17) is 26.3 Å². The number of nitrogens with zero attached hydrogens (tertiary/aromatic N) is 5. The second kappa shape index (κ2) is 10.2. The summed E-state index contributed by atoms with van der Waals surface area (Å²) in [6, 6.07) is 5.82. The smallest absolute Gasteiger partial charge is 0.253 e. The Hall–Kier alpha value is -2.91. The Morgan fingerprint density at radius 1 is 1.08 bits per heavy atom. The quantitative estimate of drug-likeness (QED) is 0.493. The van der Waals surface area contributed by atoms with Gasteiger partial charge in [0.2, 0.25) is 11.9 Å². The number of hydrogen-bond acceptors (Lipinski definition) is 7. The van der Waals surface area contributed by atoms with Gasteiger partial charge in [-0.2, -0.15) is 19.6 Å². The molecule has 2 saturated heterocycles. The first-order valence-electron chi connectivity index (χ1n) is 13.1. The molecule has 0 atom stereocenters. The van der Waals surface area contributed by atoms with Crippen LogP contribution in [-0.2, 0) is 4.74 Å². The highest BCUT2D eigenvalue weighted by Crippen LogP contribution is 2.31. The lowest BCUT2D eigenvalue weighted by molar-refractivity contribution is 0.0699. The molecule has 9 nitrogen and oxygen atoms in total. The third-order valence-corrected chi connectivity index (χ3v) is 7.63. The number of ether oxygens (including phenoxy) is 1. The summed E-state index contributed by atoms with van der Waals surface area (Å²) >= 11 is 6.56. The van der Waals surface area contributed by atoms with Crippen LogP contribution in [0.5, 0.6) is 0 Å². The summed E-state index contributed by atoms with van der Waals surface area (Å²) in [4.78, 5) is 24.7. The predicted octanol–water partition coefficient (Wildman–Crippen LogP) is 4.17. The fourth-order valence-corrected chi connectivity index (χ4v) is 5.23. The molecule has 10 heteroatoms. The molecule has 1 amide bonds. The molecule has 2 N–H and O–H groups in total. The molecule has 190 valence electrons. The van der Waals surface area contributed by atoms with Crippen LogP contribution in [0.4, 0.5) is 11.9 Å². The van der Waals surface area contributed by atoms with E-state index in [2.05, 4.69) is 20.6 Å². The van der Waals surface area contributed by atoms with Gasteiger partial charge < -0.3 is 20.3 Å². The predicted molar refractivity (Wildman–Crippen MR) is 140 cm³/mol. The molecule has 3 fully saturated rings. The number of carbonyl (C=O) groups is 1. The summed E-state index contributed by atoms with van der Waals surface area (Å²) in [7, 11) is 0. The Morgan fingerprint density at radius 3 is 2.64 bits per heavy atom. The zero-order chi connectivity index (χ0) is 24.5. The molecule has 0 unspecified atom stereocenters. The molecule has 3 aromatic rings. The summed E-state index contributed by atoms with van der Waals surface area (Å²) < 4.78 is 7.30. The van der Waals surface area contributed by atoms with E-state index in [0.717, 1.165) is 94.1 Å². The van der Waals surface area contributed by atoms with E-state index >= 15 is 0 Å². The number of fused-ring (bicyclic) bond motifs is 1. The third kappa shape index (κ3) is 4.99. The molecular weight excluding hydrogens is 478 g/mol. The number of halogens is 1. The Morgan fingerprint density at radius 2 is 1.89 bits per heavy atom. The van der Waals surface area contributed by atoms with Crippen molar-refractivity contribution in [1.82, 2.24) is 24.9 Å². The summed E-state index contributed by atoms with van der Waals surface area (Å²) in [6.07, 6.45) is 9.50. The van der Waals surface area contributed by atoms with E-state index < -0.39 is 0 Å². The van der Waals surface area contributed by atoms with Gasteiger partial charge >= 0.3 is 0 Å². The van der Waals surface area contributed by atoms with E-state index in [-0.39, 0.29) is 11.9 Å². The summed E-state index contributed by atoms with van der Waals surface area (Å²) in [5.74, 6) is 1.85. The maximum atomic E-state index is 12.5. The molecule has 0 spiro atoms. The molecule has 0 radical (unpaired) electrons. The Balaban J connectivity index is 1.34. The highest BCUT2D eigenvalue weighted by molar-refractivity contribution is 6.34. The van der Waals surface area contributed by atoms with Crippen molar-refractivity contribution in [3.05, 3.63) is 35.0 Å². The van der Waals surface area contributed by atoms with Crippen LogP contribution < -0.4 is 15.5 Å². The standard InChI is InChI=1S/C26H32ClN7O2/c27-22-14-18(4-7-20(22)24(35)30-19-5-6-19)21-16-29-34-23(21)31-26(33-10-2-1-3-11-33)32-25(34)28-15-17-8-12-36-13-9-17/h4,7,14,16-17,19H,1-3,5-6,8-13,15H2,(H,30,35)(H,28,31,32). The maximum absolute atomic E-state index is 12.5. The number of hydrogen-bond donors (Lipinski definition) is 2. The summed E-state index contributed by atoms with van der Waals surface area (Å²) in [5.41, 5.74) is 2.95. The first-order valence-corrected chi connectivity index (χ1v) is 13.5. The minimum absolute atomic E-state index is 0.122. The first kappa shape index (κ1) is 23.5. The molecule has 36 heavy (non-hydrogen) atoms. The van der Waals surface area contributed by atoms with Crippen LogP contribution in [0.3, 0.4) is 0 Å². The number of aromatic nitrogens is 4. The summed E-state index contributed by atoms with van der Waals surface area (Å²) in [6.45, 7) is 4.35. The Labute approximate surface area is 215 Å².